The van der Waals surface area contributed by atoms with Gasteiger partial charge in [0.25, 0.3) is 0 Å². The first-order valence-electron chi connectivity index (χ1n) is 10.1. The number of nitrogens with one attached hydrogen (secondary N) is 2. The number of pyridine rings is 2. The molecule has 3 heterocycles. The molecular weight excluding hydrogens is 449 g/mol. The Hall–Kier alpha value is -4.41. The number of aromatic nitrogens is 3. The van der Waals surface area contributed by atoms with Gasteiger partial charge in [-0.2, -0.15) is 13.2 Å². The molecule has 0 spiro atoms. The van der Waals surface area contributed by atoms with E-state index in [4.69, 9.17) is 4.84 Å². The summed E-state index contributed by atoms with van der Waals surface area (Å²) in [6.45, 7) is -1.11. The second-order valence-corrected chi connectivity index (χ2v) is 7.20. The van der Waals surface area contributed by atoms with Crippen LogP contribution in [0.15, 0.2) is 78.5 Å². The van der Waals surface area contributed by atoms with Crippen LogP contribution in [0, 0.1) is 0 Å². The van der Waals surface area contributed by atoms with Crippen molar-refractivity contribution in [3.8, 4) is 11.3 Å². The molecule has 2 N–H and O–H groups in total. The van der Waals surface area contributed by atoms with Crippen LogP contribution in [0.1, 0.15) is 11.1 Å². The summed E-state index contributed by atoms with van der Waals surface area (Å²) >= 11 is 0. The molecule has 0 aliphatic rings. The standard InChI is InChI=1S/C23H19F3N6O2/c24-23(25,26)15-29-22(33)31-19-5-1-4-18(10-19)20-13-28-21-9-16(6-8-32(20)21)12-30-34-14-17-3-2-7-27-11-17/h1-13H,14-15H2,(H2,29,31,33)/b30-12+. The number of carbonyl (C=O) groups excluding carboxylic acids is 1. The lowest BCUT2D eigenvalue weighted by molar-refractivity contribution is -0.122. The number of hydrogen-bond donors (Lipinski definition) is 2. The number of rotatable bonds is 7. The quantitative estimate of drug-likeness (QED) is 0.306. The van der Waals surface area contributed by atoms with Gasteiger partial charge in [-0.3, -0.25) is 9.38 Å². The predicted octanol–water partition coefficient (Wildman–Crippen LogP) is 4.63. The van der Waals surface area contributed by atoms with E-state index in [1.165, 1.54) is 0 Å². The Morgan fingerprint density at radius 1 is 1.15 bits per heavy atom. The summed E-state index contributed by atoms with van der Waals surface area (Å²) in [7, 11) is 0. The molecule has 0 fully saturated rings. The van der Waals surface area contributed by atoms with Crippen molar-refractivity contribution >= 4 is 23.6 Å². The molecule has 4 rings (SSSR count). The average Bonchev–Trinajstić information content (AvgIpc) is 3.24. The number of alkyl halides is 3. The van der Waals surface area contributed by atoms with E-state index in [1.807, 2.05) is 40.9 Å². The molecule has 0 atom stereocenters. The number of nitrogens with zero attached hydrogens (tertiary/aromatic N) is 4. The monoisotopic (exact) mass is 468 g/mol. The number of halogens is 3. The zero-order valence-electron chi connectivity index (χ0n) is 17.7. The van der Waals surface area contributed by atoms with Crippen LogP contribution in [0.4, 0.5) is 23.7 Å². The van der Waals surface area contributed by atoms with Gasteiger partial charge >= 0.3 is 12.2 Å². The molecule has 0 bridgehead atoms. The fourth-order valence-electron chi connectivity index (χ4n) is 3.10. The van der Waals surface area contributed by atoms with Gasteiger partial charge in [0.05, 0.1) is 18.1 Å². The number of anilines is 1. The molecule has 8 nitrogen and oxygen atoms in total. The Bertz CT molecular complexity index is 1310. The molecule has 3 aromatic heterocycles. The third-order valence-corrected chi connectivity index (χ3v) is 4.63. The smallest absolute Gasteiger partial charge is 0.391 e. The number of hydrogen-bond acceptors (Lipinski definition) is 5. The van der Waals surface area contributed by atoms with Crippen LogP contribution in [0.3, 0.4) is 0 Å². The summed E-state index contributed by atoms with van der Waals surface area (Å²) in [4.78, 5) is 25.4. The molecule has 0 unspecified atom stereocenters. The fraction of sp³-hybridized carbons (Fsp3) is 0.130. The van der Waals surface area contributed by atoms with Gasteiger partial charge in [0, 0.05) is 41.0 Å². The molecule has 34 heavy (non-hydrogen) atoms. The highest BCUT2D eigenvalue weighted by molar-refractivity contribution is 5.90. The molecule has 0 aliphatic carbocycles. The molecule has 4 aromatic rings. The topological polar surface area (TPSA) is 92.9 Å². The number of benzene rings is 1. The molecule has 0 saturated carbocycles. The highest BCUT2D eigenvalue weighted by Crippen LogP contribution is 2.24. The third kappa shape index (κ3) is 6.09. The van der Waals surface area contributed by atoms with E-state index >= 15 is 0 Å². The van der Waals surface area contributed by atoms with Crippen molar-refractivity contribution in [2.75, 3.05) is 11.9 Å². The van der Waals surface area contributed by atoms with Crippen LogP contribution in [-0.2, 0) is 11.4 Å². The maximum Gasteiger partial charge on any atom is 0.405 e. The van der Waals surface area contributed by atoms with Crippen LogP contribution in [0.25, 0.3) is 16.9 Å². The first-order valence-corrected chi connectivity index (χ1v) is 10.1. The zero-order valence-corrected chi connectivity index (χ0v) is 17.7. The third-order valence-electron chi connectivity index (χ3n) is 4.63. The van der Waals surface area contributed by atoms with Crippen molar-refractivity contribution in [2.45, 2.75) is 12.8 Å². The van der Waals surface area contributed by atoms with Crippen molar-refractivity contribution < 1.29 is 22.8 Å². The number of amides is 2. The van der Waals surface area contributed by atoms with Crippen molar-refractivity contribution in [1.82, 2.24) is 19.7 Å². The van der Waals surface area contributed by atoms with Gasteiger partial charge in [-0.05, 0) is 30.3 Å². The summed E-state index contributed by atoms with van der Waals surface area (Å²) in [5, 5.41) is 8.14. The molecule has 0 radical (unpaired) electrons. The Labute approximate surface area is 192 Å². The lowest BCUT2D eigenvalue weighted by atomic mass is 10.1. The fourth-order valence-corrected chi connectivity index (χ4v) is 3.10. The van der Waals surface area contributed by atoms with E-state index in [9.17, 15) is 18.0 Å². The number of oxime groups is 1. The molecule has 0 saturated heterocycles. The Balaban J connectivity index is 1.43. The van der Waals surface area contributed by atoms with Gasteiger partial charge in [0.15, 0.2) is 0 Å². The highest BCUT2D eigenvalue weighted by atomic mass is 19.4. The second-order valence-electron chi connectivity index (χ2n) is 7.20. The SMILES string of the molecule is O=C(NCC(F)(F)F)Nc1cccc(-c2cnc3cc(/C=N/OCc4cccnc4)ccn23)c1. The molecule has 174 valence electrons. The van der Waals surface area contributed by atoms with Gasteiger partial charge < -0.3 is 15.5 Å². The molecule has 11 heteroatoms. The van der Waals surface area contributed by atoms with Gasteiger partial charge in [-0.15, -0.1) is 0 Å². The predicted molar refractivity (Wildman–Crippen MR) is 120 cm³/mol. The number of imidazole rings is 1. The van der Waals surface area contributed by atoms with Crippen LogP contribution < -0.4 is 10.6 Å². The van der Waals surface area contributed by atoms with Gasteiger partial charge in [0.1, 0.15) is 18.8 Å². The van der Waals surface area contributed by atoms with Crippen molar-refractivity contribution in [3.63, 3.8) is 0 Å². The number of urea groups is 1. The Kier molecular flexibility index (Phi) is 6.72. The maximum atomic E-state index is 12.3. The van der Waals surface area contributed by atoms with E-state index in [0.29, 0.717) is 17.9 Å². The summed E-state index contributed by atoms with van der Waals surface area (Å²) in [6.07, 6.45) is 3.96. The normalized spacial score (nSPS) is 11.6. The molecular formula is C23H19F3N6O2. The molecule has 0 aliphatic heterocycles. The van der Waals surface area contributed by atoms with E-state index in [-0.39, 0.29) is 0 Å². The van der Waals surface area contributed by atoms with Crippen molar-refractivity contribution in [3.05, 3.63) is 84.4 Å². The lowest BCUT2D eigenvalue weighted by Crippen LogP contribution is -2.36. The van der Waals surface area contributed by atoms with Gasteiger partial charge in [-0.1, -0.05) is 23.4 Å². The molecule has 1 aromatic carbocycles. The lowest BCUT2D eigenvalue weighted by Gasteiger charge is -2.10. The second kappa shape index (κ2) is 10.0. The highest BCUT2D eigenvalue weighted by Gasteiger charge is 2.27. The zero-order chi connectivity index (χ0) is 24.0. The van der Waals surface area contributed by atoms with E-state index in [0.717, 1.165) is 22.4 Å². The largest absolute Gasteiger partial charge is 0.405 e. The van der Waals surface area contributed by atoms with E-state index in [2.05, 4.69) is 20.4 Å². The van der Waals surface area contributed by atoms with Crippen LogP contribution in [0.2, 0.25) is 0 Å². The minimum atomic E-state index is -4.48. The van der Waals surface area contributed by atoms with Crippen LogP contribution >= 0.6 is 0 Å². The van der Waals surface area contributed by atoms with Crippen molar-refractivity contribution in [1.29, 1.82) is 0 Å². The summed E-state index contributed by atoms with van der Waals surface area (Å²) in [6, 6.07) is 13.2. The Morgan fingerprint density at radius 2 is 2.03 bits per heavy atom. The first-order chi connectivity index (χ1) is 16.4. The summed E-state index contributed by atoms with van der Waals surface area (Å²) < 4.78 is 38.7. The minimum absolute atomic E-state index is 0.304. The van der Waals surface area contributed by atoms with E-state index in [1.54, 1.807) is 48.3 Å². The number of carbonyl (C=O) groups is 1. The van der Waals surface area contributed by atoms with Gasteiger partial charge in [0.2, 0.25) is 0 Å². The van der Waals surface area contributed by atoms with E-state index < -0.39 is 18.8 Å². The maximum absolute atomic E-state index is 12.3. The number of fused-ring (bicyclic) bond motifs is 1. The average molecular weight is 468 g/mol. The Morgan fingerprint density at radius 3 is 2.82 bits per heavy atom. The van der Waals surface area contributed by atoms with Gasteiger partial charge in [-0.25, -0.2) is 9.78 Å². The first kappa shape index (κ1) is 22.8. The minimum Gasteiger partial charge on any atom is -0.391 e. The summed E-state index contributed by atoms with van der Waals surface area (Å²) in [5.74, 6) is 0. The van der Waals surface area contributed by atoms with Crippen LogP contribution in [-0.4, -0.2) is 39.3 Å². The van der Waals surface area contributed by atoms with Crippen molar-refractivity contribution in [2.24, 2.45) is 5.16 Å². The molecule has 2 amide bonds. The van der Waals surface area contributed by atoms with Crippen LogP contribution in [0.5, 0.6) is 0 Å². The summed E-state index contributed by atoms with van der Waals surface area (Å²) in [5.41, 5.74) is 4.16.